The van der Waals surface area contributed by atoms with E-state index in [9.17, 15) is 23.2 Å². The number of esters is 1. The van der Waals surface area contributed by atoms with Crippen LogP contribution in [0.2, 0.25) is 0 Å². The van der Waals surface area contributed by atoms with E-state index in [-0.39, 0.29) is 70.8 Å². The highest BCUT2D eigenvalue weighted by atomic mass is 19.3. The third kappa shape index (κ3) is 10.9. The Kier molecular flexibility index (Phi) is 16.9. The molecule has 5 aliphatic rings. The zero-order chi connectivity index (χ0) is 49.0. The van der Waals surface area contributed by atoms with Crippen LogP contribution in [0, 0.1) is 47.3 Å². The largest absolute Gasteiger partial charge is 0.488 e. The Bertz CT molecular complexity index is 2350. The maximum atomic E-state index is 14.1. The molecule has 3 aromatic carbocycles. The van der Waals surface area contributed by atoms with Crippen molar-refractivity contribution < 1.29 is 32.6 Å². The van der Waals surface area contributed by atoms with E-state index in [1.807, 2.05) is 26.0 Å². The van der Waals surface area contributed by atoms with Crippen LogP contribution >= 0.6 is 0 Å². The number of allylic oxidation sites excluding steroid dienone is 3. The number of Topliss-reactive ketones (excluding diaryl/α,β-unsaturated/α-hetero) is 2. The number of ketones is 2. The molecule has 7 heteroatoms. The molecule has 3 aromatic rings. The van der Waals surface area contributed by atoms with E-state index in [2.05, 4.69) is 102 Å². The number of alkyl halides is 2. The molecule has 0 aliphatic heterocycles. The van der Waals surface area contributed by atoms with Crippen LogP contribution in [0.15, 0.2) is 84.0 Å². The molecule has 68 heavy (non-hydrogen) atoms. The molecule has 3 fully saturated rings. The predicted octanol–water partition coefficient (Wildman–Crippen LogP) is 15.3. The Balaban J connectivity index is 0.00000338. The summed E-state index contributed by atoms with van der Waals surface area (Å²) in [5.41, 5.74) is 13.2. The van der Waals surface area contributed by atoms with Crippen molar-refractivity contribution in [1.29, 1.82) is 0 Å². The van der Waals surface area contributed by atoms with Crippen molar-refractivity contribution in [2.24, 2.45) is 47.3 Å². The summed E-state index contributed by atoms with van der Waals surface area (Å²) in [5.74, 6) is 2.75. The van der Waals surface area contributed by atoms with Gasteiger partial charge in [-0.25, -0.2) is 8.78 Å². The maximum absolute atomic E-state index is 14.1. The first-order valence-electron chi connectivity index (χ1n) is 26.1. The van der Waals surface area contributed by atoms with E-state index in [4.69, 9.17) is 9.47 Å². The minimum atomic E-state index is -2.54. The zero-order valence-corrected chi connectivity index (χ0v) is 42.4. The molecule has 0 heterocycles. The van der Waals surface area contributed by atoms with E-state index in [0.717, 1.165) is 57.8 Å². The van der Waals surface area contributed by atoms with Gasteiger partial charge in [-0.2, -0.15) is 0 Å². The molecular weight excluding hydrogens is 851 g/mol. The number of carbonyl (C=O) groups excluding carboxylic acids is 3. The molecule has 0 aromatic heterocycles. The van der Waals surface area contributed by atoms with E-state index in [1.165, 1.54) is 62.8 Å². The normalized spacial score (nSPS) is 25.9. The van der Waals surface area contributed by atoms with Gasteiger partial charge in [0.05, 0.1) is 13.5 Å². The van der Waals surface area contributed by atoms with E-state index in [1.54, 1.807) is 6.92 Å². The molecule has 366 valence electrons. The van der Waals surface area contributed by atoms with Gasteiger partial charge < -0.3 is 14.3 Å². The number of fused-ring (bicyclic) bond motifs is 2. The van der Waals surface area contributed by atoms with Gasteiger partial charge in [0.15, 0.2) is 0 Å². The summed E-state index contributed by atoms with van der Waals surface area (Å²) in [6.45, 7) is 20.4. The van der Waals surface area contributed by atoms with E-state index < -0.39 is 13.0 Å². The van der Waals surface area contributed by atoms with Gasteiger partial charge in [0.2, 0.25) is 0 Å². The molecule has 5 aliphatic carbocycles. The second kappa shape index (κ2) is 22.4. The lowest BCUT2D eigenvalue weighted by Crippen LogP contribution is -2.32. The summed E-state index contributed by atoms with van der Waals surface area (Å²) >= 11 is 0. The van der Waals surface area contributed by atoms with Crippen LogP contribution in [0.4, 0.5) is 8.78 Å². The van der Waals surface area contributed by atoms with Gasteiger partial charge in [-0.05, 0) is 156 Å². The van der Waals surface area contributed by atoms with Crippen molar-refractivity contribution in [3.63, 3.8) is 0 Å². The van der Waals surface area contributed by atoms with Gasteiger partial charge >= 0.3 is 5.97 Å². The van der Waals surface area contributed by atoms with Crippen LogP contribution in [-0.2, 0) is 25.5 Å². The monoisotopic (exact) mass is 929 g/mol. The molecule has 0 radical (unpaired) electrons. The van der Waals surface area contributed by atoms with E-state index >= 15 is 0 Å². The molecule has 3 saturated carbocycles. The molecule has 4 unspecified atom stereocenters. The smallest absolute Gasteiger partial charge is 0.306 e. The molecular formula is C61H78F2O5. The SMILES string of the molecule is C=C(C1CCC[C@H]1C1=Cc2ccc([C@H]3CC[C@H](c4ccc5c(c4)C(C)C([C@@H]4CCCC4C(=O)[C@@H](CC(C)=O)C(C)C)=C5)C3c3ccc(OCC(F)F)cc3)cc2C1)[C@@H](CC(=O)OC)C(C)C.CC. The average molecular weight is 929 g/mol. The van der Waals surface area contributed by atoms with Gasteiger partial charge in [0.1, 0.15) is 23.9 Å². The summed E-state index contributed by atoms with van der Waals surface area (Å²) in [6, 6.07) is 22.1. The van der Waals surface area contributed by atoms with Crippen LogP contribution in [0.5, 0.6) is 5.75 Å². The second-order valence-corrected chi connectivity index (χ2v) is 21.3. The summed E-state index contributed by atoms with van der Waals surface area (Å²) in [5, 5.41) is 0. The van der Waals surface area contributed by atoms with E-state index in [0.29, 0.717) is 36.3 Å². The predicted molar refractivity (Wildman–Crippen MR) is 272 cm³/mol. The number of rotatable bonds is 18. The number of hydrogen-bond donors (Lipinski definition) is 0. The van der Waals surface area contributed by atoms with Crippen LogP contribution in [0.1, 0.15) is 182 Å². The average Bonchev–Trinajstić information content (AvgIpc) is 4.19. The van der Waals surface area contributed by atoms with Crippen LogP contribution in [0.25, 0.3) is 12.2 Å². The highest BCUT2D eigenvalue weighted by Gasteiger charge is 2.44. The fraction of sp³-hybridized carbons (Fsp3) is 0.557. The van der Waals surface area contributed by atoms with Gasteiger partial charge in [0.25, 0.3) is 6.43 Å². The first-order chi connectivity index (χ1) is 32.6. The Morgan fingerprint density at radius 1 is 0.706 bits per heavy atom. The Hall–Kier alpha value is -4.65. The number of methoxy groups -OCH3 is 1. The third-order valence-corrected chi connectivity index (χ3v) is 16.8. The minimum absolute atomic E-state index is 0.0419. The molecule has 0 saturated heterocycles. The Morgan fingerprint density at radius 2 is 1.31 bits per heavy atom. The lowest BCUT2D eigenvalue weighted by atomic mass is 9.74. The van der Waals surface area contributed by atoms with Crippen molar-refractivity contribution in [3.8, 4) is 5.75 Å². The lowest BCUT2D eigenvalue weighted by molar-refractivity contribution is -0.141. The second-order valence-electron chi connectivity index (χ2n) is 21.3. The fourth-order valence-corrected chi connectivity index (χ4v) is 13.4. The van der Waals surface area contributed by atoms with Gasteiger partial charge in [0, 0.05) is 24.2 Å². The summed E-state index contributed by atoms with van der Waals surface area (Å²) < 4.78 is 36.7. The molecule has 0 bridgehead atoms. The first-order valence-corrected chi connectivity index (χ1v) is 26.1. The van der Waals surface area contributed by atoms with Crippen LogP contribution < -0.4 is 4.74 Å². The van der Waals surface area contributed by atoms with Crippen LogP contribution in [-0.4, -0.2) is 37.7 Å². The number of halogens is 2. The van der Waals surface area contributed by atoms with Crippen molar-refractivity contribution >= 4 is 29.7 Å². The topological polar surface area (TPSA) is 69.7 Å². The summed E-state index contributed by atoms with van der Waals surface area (Å²) in [4.78, 5) is 38.8. The van der Waals surface area contributed by atoms with Gasteiger partial charge in [-0.1, -0.05) is 145 Å². The Labute approximate surface area is 406 Å². The number of carbonyl (C=O) groups is 3. The molecule has 10 atom stereocenters. The standard InChI is InChI=1S/C59H72F2O5.C2H6/c1-33(2)52(31-57(63)65-8)36(6)46-11-9-12-47(46)44-26-39-15-16-40(27-43(39)28-44)48-23-24-49(58(48)38-19-21-45(22-20-38)66-32-56(60)61)41-17-18-42-30-55(37(7)54(42)29-41)50-13-10-14-51(50)59(64)53(34(3)4)25-35(5)62;1-2/h15-22,26-27,29-30,33-34,37,46-53,56,58H,6,9-14,23-25,28,31-32H2,1-5,7-8H3;1-2H3/t37?,46?,47-,48+,49+,50+,51?,52-,53-,58?;/m0./s1. The highest BCUT2D eigenvalue weighted by molar-refractivity contribution is 5.89. The maximum Gasteiger partial charge on any atom is 0.306 e. The third-order valence-electron chi connectivity index (χ3n) is 16.8. The van der Waals surface area contributed by atoms with Crippen molar-refractivity contribution in [3.05, 3.63) is 123 Å². The lowest BCUT2D eigenvalue weighted by Gasteiger charge is -2.31. The Morgan fingerprint density at radius 3 is 1.93 bits per heavy atom. The van der Waals surface area contributed by atoms with Gasteiger partial charge in [-0.15, -0.1) is 0 Å². The van der Waals surface area contributed by atoms with Crippen molar-refractivity contribution in [2.75, 3.05) is 13.7 Å². The zero-order valence-electron chi connectivity index (χ0n) is 42.4. The van der Waals surface area contributed by atoms with Crippen LogP contribution in [0.3, 0.4) is 0 Å². The molecule has 5 nitrogen and oxygen atoms in total. The first kappa shape index (κ1) is 51.2. The molecule has 0 amide bonds. The molecule has 0 N–H and O–H groups in total. The highest BCUT2D eigenvalue weighted by Crippen LogP contribution is 2.57. The molecule has 8 rings (SSSR count). The quantitative estimate of drug-likeness (QED) is 0.0939. The minimum Gasteiger partial charge on any atom is -0.488 e. The summed E-state index contributed by atoms with van der Waals surface area (Å²) in [7, 11) is 1.47. The number of hydrogen-bond acceptors (Lipinski definition) is 5. The van der Waals surface area contributed by atoms with Gasteiger partial charge in [-0.3, -0.25) is 9.59 Å². The number of benzene rings is 3. The van der Waals surface area contributed by atoms with Crippen molar-refractivity contribution in [2.45, 2.75) is 156 Å². The molecule has 0 spiro atoms. The number of ether oxygens (including phenoxy) is 2. The fourth-order valence-electron chi connectivity index (χ4n) is 13.4. The summed E-state index contributed by atoms with van der Waals surface area (Å²) in [6.07, 6.45) is 12.3. The van der Waals surface area contributed by atoms with Crippen molar-refractivity contribution in [1.82, 2.24) is 0 Å².